The van der Waals surface area contributed by atoms with Crippen LogP contribution in [0.4, 0.5) is 0 Å². The Balaban J connectivity index is 2.28. The topological polar surface area (TPSA) is 23.6 Å². The summed E-state index contributed by atoms with van der Waals surface area (Å²) >= 11 is 0. The first kappa shape index (κ1) is 14.1. The average Bonchev–Trinajstić information content (AvgIpc) is 2.38. The third-order valence-corrected chi connectivity index (χ3v) is 3.67. The molecule has 1 amide bonds. The van der Waals surface area contributed by atoms with Gasteiger partial charge in [0, 0.05) is 25.0 Å². The molecule has 0 saturated carbocycles. The maximum absolute atomic E-state index is 12.6. The van der Waals surface area contributed by atoms with Crippen molar-refractivity contribution in [3.8, 4) is 0 Å². The van der Waals surface area contributed by atoms with E-state index >= 15 is 0 Å². The number of likely N-dealkylation sites (N-methyl/N-ethyl adjacent to an activating group) is 1. The molecule has 1 aliphatic heterocycles. The Morgan fingerprint density at radius 2 is 1.79 bits per heavy atom. The number of benzene rings is 1. The minimum Gasteiger partial charge on any atom is -0.333 e. The van der Waals surface area contributed by atoms with Crippen LogP contribution in [0.25, 0.3) is 0 Å². The first-order valence-electron chi connectivity index (χ1n) is 6.94. The summed E-state index contributed by atoms with van der Waals surface area (Å²) in [5.41, 5.74) is 0.912. The lowest BCUT2D eigenvalue weighted by molar-refractivity contribution is -0.144. The molecule has 1 fully saturated rings. The fourth-order valence-electron chi connectivity index (χ4n) is 2.55. The second kappa shape index (κ2) is 5.33. The summed E-state index contributed by atoms with van der Waals surface area (Å²) < 4.78 is 0. The van der Waals surface area contributed by atoms with Gasteiger partial charge in [-0.25, -0.2) is 0 Å². The van der Waals surface area contributed by atoms with Gasteiger partial charge in [0.15, 0.2) is 0 Å². The number of rotatable bonds is 1. The molecule has 1 unspecified atom stereocenters. The maximum Gasteiger partial charge on any atom is 0.228 e. The molecule has 3 nitrogen and oxygen atoms in total. The molecular weight excluding hydrogens is 236 g/mol. The lowest BCUT2D eigenvalue weighted by atomic mass is 9.92. The Hall–Kier alpha value is -1.35. The van der Waals surface area contributed by atoms with E-state index < -0.39 is 0 Å². The van der Waals surface area contributed by atoms with Crippen LogP contribution in [0.1, 0.15) is 32.4 Å². The molecule has 0 aliphatic carbocycles. The number of carbonyl (C=O) groups is 1. The van der Waals surface area contributed by atoms with Gasteiger partial charge in [-0.1, -0.05) is 51.1 Å². The maximum atomic E-state index is 12.6. The van der Waals surface area contributed by atoms with Crippen LogP contribution < -0.4 is 0 Å². The highest BCUT2D eigenvalue weighted by molar-refractivity contribution is 5.82. The zero-order valence-electron chi connectivity index (χ0n) is 12.4. The quantitative estimate of drug-likeness (QED) is 0.774. The predicted molar refractivity (Wildman–Crippen MR) is 77.8 cm³/mol. The first-order chi connectivity index (χ1) is 8.89. The van der Waals surface area contributed by atoms with Gasteiger partial charge in [-0.3, -0.25) is 4.79 Å². The molecule has 0 spiro atoms. The average molecular weight is 260 g/mol. The lowest BCUT2D eigenvalue weighted by Crippen LogP contribution is -2.52. The van der Waals surface area contributed by atoms with Crippen molar-refractivity contribution >= 4 is 5.91 Å². The molecule has 1 aromatic carbocycles. The number of nitrogens with zero attached hydrogens (tertiary/aromatic N) is 2. The summed E-state index contributed by atoms with van der Waals surface area (Å²) in [5.74, 6) is 0.245. The molecule has 1 atom stereocenters. The smallest absolute Gasteiger partial charge is 0.228 e. The van der Waals surface area contributed by atoms with Gasteiger partial charge in [0.2, 0.25) is 5.91 Å². The highest BCUT2D eigenvalue weighted by Gasteiger charge is 2.35. The van der Waals surface area contributed by atoms with Crippen LogP contribution in [0.5, 0.6) is 0 Å². The van der Waals surface area contributed by atoms with Gasteiger partial charge in [0.1, 0.15) is 0 Å². The fraction of sp³-hybridized carbons (Fsp3) is 0.562. The van der Waals surface area contributed by atoms with Gasteiger partial charge in [-0.05, 0) is 12.6 Å². The molecule has 0 N–H and O–H groups in total. The second-order valence-electron chi connectivity index (χ2n) is 6.44. The normalized spacial score (nSPS) is 21.5. The summed E-state index contributed by atoms with van der Waals surface area (Å²) in [6.45, 7) is 8.66. The molecule has 1 aliphatic rings. The predicted octanol–water partition coefficient (Wildman–Crippen LogP) is 2.55. The van der Waals surface area contributed by atoms with Crippen LogP contribution >= 0.6 is 0 Å². The fourth-order valence-corrected chi connectivity index (χ4v) is 2.55. The first-order valence-corrected chi connectivity index (χ1v) is 6.94. The number of piperazine rings is 1. The molecule has 19 heavy (non-hydrogen) atoms. The van der Waals surface area contributed by atoms with Crippen LogP contribution in [-0.2, 0) is 4.79 Å². The van der Waals surface area contributed by atoms with Gasteiger partial charge in [0.05, 0.1) is 6.04 Å². The number of amides is 1. The van der Waals surface area contributed by atoms with Crippen molar-refractivity contribution in [1.82, 2.24) is 9.80 Å². The molecule has 2 rings (SSSR count). The minimum absolute atomic E-state index is 0.173. The zero-order valence-corrected chi connectivity index (χ0v) is 12.4. The van der Waals surface area contributed by atoms with E-state index in [1.54, 1.807) is 0 Å². The van der Waals surface area contributed by atoms with Crippen LogP contribution in [0.2, 0.25) is 0 Å². The van der Waals surface area contributed by atoms with E-state index in [9.17, 15) is 4.79 Å². The van der Waals surface area contributed by atoms with Gasteiger partial charge >= 0.3 is 0 Å². The number of hydrogen-bond donors (Lipinski definition) is 0. The highest BCUT2D eigenvalue weighted by atomic mass is 16.2. The Labute approximate surface area is 116 Å². The third kappa shape index (κ3) is 3.16. The standard InChI is InChI=1S/C16H24N2O/c1-16(2,3)15(19)18-11-10-17(4)12-14(18)13-8-6-5-7-9-13/h5-9,14H,10-12H2,1-4H3. The summed E-state index contributed by atoms with van der Waals surface area (Å²) in [7, 11) is 2.12. The van der Waals surface area contributed by atoms with Crippen molar-refractivity contribution in [2.24, 2.45) is 5.41 Å². The van der Waals surface area contributed by atoms with E-state index in [4.69, 9.17) is 0 Å². The van der Waals surface area contributed by atoms with Crippen LogP contribution in [0.3, 0.4) is 0 Å². The lowest BCUT2D eigenvalue weighted by Gasteiger charge is -2.42. The number of carbonyl (C=O) groups excluding carboxylic acids is 1. The SMILES string of the molecule is CN1CCN(C(=O)C(C)(C)C)C(c2ccccc2)C1. The van der Waals surface area contributed by atoms with Crippen molar-refractivity contribution in [2.75, 3.05) is 26.7 Å². The molecule has 1 aromatic rings. The number of hydrogen-bond acceptors (Lipinski definition) is 2. The molecule has 1 saturated heterocycles. The van der Waals surface area contributed by atoms with Crippen LogP contribution in [0.15, 0.2) is 30.3 Å². The molecule has 1 heterocycles. The van der Waals surface area contributed by atoms with E-state index in [0.29, 0.717) is 0 Å². The summed E-state index contributed by atoms with van der Waals surface area (Å²) in [4.78, 5) is 17.0. The Kier molecular flexibility index (Phi) is 3.95. The Bertz CT molecular complexity index is 436. The molecule has 0 bridgehead atoms. The van der Waals surface area contributed by atoms with Crippen molar-refractivity contribution in [3.05, 3.63) is 35.9 Å². The van der Waals surface area contributed by atoms with Gasteiger partial charge in [-0.15, -0.1) is 0 Å². The van der Waals surface area contributed by atoms with Gasteiger partial charge < -0.3 is 9.80 Å². The van der Waals surface area contributed by atoms with E-state index in [1.807, 2.05) is 39.0 Å². The monoisotopic (exact) mass is 260 g/mol. The summed E-state index contributed by atoms with van der Waals surface area (Å²) in [6, 6.07) is 10.5. The van der Waals surface area contributed by atoms with E-state index in [-0.39, 0.29) is 17.4 Å². The third-order valence-electron chi connectivity index (χ3n) is 3.67. The molecule has 3 heteroatoms. The zero-order chi connectivity index (χ0) is 14.0. The van der Waals surface area contributed by atoms with Crippen molar-refractivity contribution in [1.29, 1.82) is 0 Å². The Morgan fingerprint density at radius 1 is 1.16 bits per heavy atom. The second-order valence-corrected chi connectivity index (χ2v) is 6.44. The van der Waals surface area contributed by atoms with Crippen LogP contribution in [0, 0.1) is 5.41 Å². The van der Waals surface area contributed by atoms with Gasteiger partial charge in [-0.2, -0.15) is 0 Å². The Morgan fingerprint density at radius 3 is 2.37 bits per heavy atom. The van der Waals surface area contributed by atoms with Crippen molar-refractivity contribution < 1.29 is 4.79 Å². The van der Waals surface area contributed by atoms with Crippen molar-refractivity contribution in [2.45, 2.75) is 26.8 Å². The minimum atomic E-state index is -0.317. The van der Waals surface area contributed by atoms with E-state index in [1.165, 1.54) is 5.56 Å². The van der Waals surface area contributed by atoms with Gasteiger partial charge in [0.25, 0.3) is 0 Å². The van der Waals surface area contributed by atoms with E-state index in [2.05, 4.69) is 29.0 Å². The van der Waals surface area contributed by atoms with E-state index in [0.717, 1.165) is 19.6 Å². The van der Waals surface area contributed by atoms with Crippen molar-refractivity contribution in [3.63, 3.8) is 0 Å². The molecule has 0 radical (unpaired) electrons. The van der Waals surface area contributed by atoms with Crippen LogP contribution in [-0.4, -0.2) is 42.4 Å². The summed E-state index contributed by atoms with van der Waals surface area (Å²) in [5, 5.41) is 0. The molecule has 0 aromatic heterocycles. The summed E-state index contributed by atoms with van der Waals surface area (Å²) in [6.07, 6.45) is 0. The molecular formula is C16H24N2O. The largest absolute Gasteiger partial charge is 0.333 e. The highest BCUT2D eigenvalue weighted by Crippen LogP contribution is 2.29. The molecule has 104 valence electrons.